The van der Waals surface area contributed by atoms with Crippen LogP contribution in [0, 0.1) is 5.82 Å². The van der Waals surface area contributed by atoms with Crippen LogP contribution in [-0.4, -0.2) is 35.6 Å². The number of aliphatic hydroxyl groups is 1. The highest BCUT2D eigenvalue weighted by Gasteiger charge is 2.17. The quantitative estimate of drug-likeness (QED) is 0.821. The number of amides is 1. The van der Waals surface area contributed by atoms with E-state index in [1.807, 2.05) is 0 Å². The Kier molecular flexibility index (Phi) is 5.12. The Hall–Kier alpha value is -1.39. The number of benzene rings is 1. The molecule has 0 aromatic heterocycles. The molecule has 0 unspecified atom stereocenters. The zero-order valence-corrected chi connectivity index (χ0v) is 9.95. The average molecular weight is 258 g/mol. The van der Waals surface area contributed by atoms with E-state index in [-0.39, 0.29) is 29.6 Å². The maximum Gasteiger partial charge on any atom is 0.255 e. The molecule has 92 valence electrons. The summed E-state index contributed by atoms with van der Waals surface area (Å²) in [4.78, 5) is 13.4. The zero-order chi connectivity index (χ0) is 12.8. The van der Waals surface area contributed by atoms with Gasteiger partial charge in [-0.1, -0.05) is 17.7 Å². The molecule has 1 N–H and O–H groups in total. The van der Waals surface area contributed by atoms with Gasteiger partial charge in [-0.3, -0.25) is 4.79 Å². The molecular formula is C12H13ClFNO2. The number of halogens is 2. The van der Waals surface area contributed by atoms with Crippen molar-refractivity contribution in [1.29, 1.82) is 0 Å². The topological polar surface area (TPSA) is 40.5 Å². The SMILES string of the molecule is C=CCN(CCO)C(=O)c1ccc(F)cc1Cl. The number of carbonyl (C=O) groups is 1. The molecule has 0 aliphatic rings. The molecule has 0 bridgehead atoms. The first-order valence-corrected chi connectivity index (χ1v) is 5.44. The molecule has 0 saturated carbocycles. The predicted octanol–water partition coefficient (Wildman–Crippen LogP) is 2.10. The molecular weight excluding hydrogens is 245 g/mol. The summed E-state index contributed by atoms with van der Waals surface area (Å²) in [6.45, 7) is 3.85. The highest BCUT2D eigenvalue weighted by molar-refractivity contribution is 6.33. The summed E-state index contributed by atoms with van der Waals surface area (Å²) < 4.78 is 12.8. The van der Waals surface area contributed by atoms with Gasteiger partial charge in [0.15, 0.2) is 0 Å². The van der Waals surface area contributed by atoms with Gasteiger partial charge in [-0.25, -0.2) is 4.39 Å². The Balaban J connectivity index is 2.96. The van der Waals surface area contributed by atoms with Crippen LogP contribution in [0.4, 0.5) is 4.39 Å². The highest BCUT2D eigenvalue weighted by atomic mass is 35.5. The fourth-order valence-electron chi connectivity index (χ4n) is 1.39. The van der Waals surface area contributed by atoms with Crippen molar-refractivity contribution in [3.8, 4) is 0 Å². The van der Waals surface area contributed by atoms with E-state index in [0.29, 0.717) is 6.54 Å². The number of aliphatic hydroxyl groups excluding tert-OH is 1. The first kappa shape index (κ1) is 13.7. The van der Waals surface area contributed by atoms with E-state index in [2.05, 4.69) is 6.58 Å². The second-order valence-electron chi connectivity index (χ2n) is 3.39. The van der Waals surface area contributed by atoms with Gasteiger partial charge < -0.3 is 10.0 Å². The molecule has 0 fully saturated rings. The minimum atomic E-state index is -0.496. The van der Waals surface area contributed by atoms with Crippen LogP contribution < -0.4 is 0 Å². The van der Waals surface area contributed by atoms with Crippen LogP contribution in [0.15, 0.2) is 30.9 Å². The zero-order valence-electron chi connectivity index (χ0n) is 9.20. The first-order chi connectivity index (χ1) is 8.10. The van der Waals surface area contributed by atoms with Crippen LogP contribution in [0.25, 0.3) is 0 Å². The smallest absolute Gasteiger partial charge is 0.255 e. The van der Waals surface area contributed by atoms with E-state index in [1.165, 1.54) is 17.0 Å². The lowest BCUT2D eigenvalue weighted by molar-refractivity contribution is 0.0743. The number of hydrogen-bond donors (Lipinski definition) is 1. The van der Waals surface area contributed by atoms with Gasteiger partial charge >= 0.3 is 0 Å². The van der Waals surface area contributed by atoms with E-state index in [9.17, 15) is 9.18 Å². The molecule has 1 rings (SSSR count). The summed E-state index contributed by atoms with van der Waals surface area (Å²) in [5.41, 5.74) is 0.211. The molecule has 1 aromatic carbocycles. The third-order valence-electron chi connectivity index (χ3n) is 2.17. The lowest BCUT2D eigenvalue weighted by atomic mass is 10.2. The van der Waals surface area contributed by atoms with Crippen LogP contribution in [0.5, 0.6) is 0 Å². The fraction of sp³-hybridized carbons (Fsp3) is 0.250. The van der Waals surface area contributed by atoms with Gasteiger partial charge in [-0.05, 0) is 18.2 Å². The highest BCUT2D eigenvalue weighted by Crippen LogP contribution is 2.19. The minimum Gasteiger partial charge on any atom is -0.395 e. The molecule has 0 spiro atoms. The molecule has 0 aliphatic carbocycles. The summed E-state index contributed by atoms with van der Waals surface area (Å²) in [5.74, 6) is -0.854. The van der Waals surface area contributed by atoms with Crippen molar-refractivity contribution in [3.63, 3.8) is 0 Å². The Morgan fingerprint density at radius 2 is 2.29 bits per heavy atom. The number of nitrogens with zero attached hydrogens (tertiary/aromatic N) is 1. The molecule has 0 saturated heterocycles. The van der Waals surface area contributed by atoms with Gasteiger partial charge in [-0.2, -0.15) is 0 Å². The monoisotopic (exact) mass is 257 g/mol. The van der Waals surface area contributed by atoms with Crippen molar-refractivity contribution >= 4 is 17.5 Å². The maximum atomic E-state index is 12.8. The number of carbonyl (C=O) groups excluding carboxylic acids is 1. The molecule has 0 radical (unpaired) electrons. The van der Waals surface area contributed by atoms with Crippen molar-refractivity contribution in [2.24, 2.45) is 0 Å². The molecule has 5 heteroatoms. The van der Waals surface area contributed by atoms with E-state index in [1.54, 1.807) is 6.08 Å². The summed E-state index contributed by atoms with van der Waals surface area (Å²) in [6.07, 6.45) is 1.55. The van der Waals surface area contributed by atoms with E-state index in [0.717, 1.165) is 6.07 Å². The van der Waals surface area contributed by atoms with Gasteiger partial charge in [0.25, 0.3) is 5.91 Å². The molecule has 0 heterocycles. The van der Waals surface area contributed by atoms with Crippen LogP contribution in [-0.2, 0) is 0 Å². The third kappa shape index (κ3) is 3.54. The fourth-order valence-corrected chi connectivity index (χ4v) is 1.63. The normalized spacial score (nSPS) is 10.1. The first-order valence-electron chi connectivity index (χ1n) is 5.06. The Labute approximate surface area is 104 Å². The number of rotatable bonds is 5. The summed E-state index contributed by atoms with van der Waals surface area (Å²) in [5, 5.41) is 8.91. The molecule has 0 aliphatic heterocycles. The maximum absolute atomic E-state index is 12.8. The predicted molar refractivity (Wildman–Crippen MR) is 64.6 cm³/mol. The minimum absolute atomic E-state index is 0.0574. The van der Waals surface area contributed by atoms with Crippen molar-refractivity contribution in [3.05, 3.63) is 47.3 Å². The van der Waals surface area contributed by atoms with Crippen LogP contribution >= 0.6 is 11.6 Å². The molecule has 17 heavy (non-hydrogen) atoms. The van der Waals surface area contributed by atoms with Crippen molar-refractivity contribution in [2.75, 3.05) is 19.7 Å². The molecule has 1 amide bonds. The van der Waals surface area contributed by atoms with E-state index < -0.39 is 5.82 Å². The van der Waals surface area contributed by atoms with Crippen molar-refractivity contribution in [2.45, 2.75) is 0 Å². The second kappa shape index (κ2) is 6.37. The lowest BCUT2D eigenvalue weighted by Gasteiger charge is -2.20. The van der Waals surface area contributed by atoms with Gasteiger partial charge in [0.1, 0.15) is 5.82 Å². The van der Waals surface area contributed by atoms with Crippen molar-refractivity contribution < 1.29 is 14.3 Å². The van der Waals surface area contributed by atoms with E-state index >= 15 is 0 Å². The van der Waals surface area contributed by atoms with Gasteiger partial charge in [0.2, 0.25) is 0 Å². The van der Waals surface area contributed by atoms with Gasteiger partial charge in [0, 0.05) is 13.1 Å². The Morgan fingerprint density at radius 3 is 2.82 bits per heavy atom. The lowest BCUT2D eigenvalue weighted by Crippen LogP contribution is -2.33. The second-order valence-corrected chi connectivity index (χ2v) is 3.79. The van der Waals surface area contributed by atoms with Gasteiger partial charge in [-0.15, -0.1) is 6.58 Å². The summed E-state index contributed by atoms with van der Waals surface area (Å²) in [7, 11) is 0. The van der Waals surface area contributed by atoms with E-state index in [4.69, 9.17) is 16.7 Å². The Bertz CT molecular complexity index is 423. The number of hydrogen-bond acceptors (Lipinski definition) is 2. The third-order valence-corrected chi connectivity index (χ3v) is 2.48. The van der Waals surface area contributed by atoms with Crippen LogP contribution in [0.1, 0.15) is 10.4 Å². The molecule has 0 atom stereocenters. The standard InChI is InChI=1S/C12H13ClFNO2/c1-2-5-15(6-7-16)12(17)10-4-3-9(14)8-11(10)13/h2-4,8,16H,1,5-7H2. The Morgan fingerprint density at radius 1 is 1.59 bits per heavy atom. The van der Waals surface area contributed by atoms with Crippen molar-refractivity contribution in [1.82, 2.24) is 4.90 Å². The summed E-state index contributed by atoms with van der Waals surface area (Å²) in [6, 6.07) is 3.58. The van der Waals surface area contributed by atoms with Crippen LogP contribution in [0.2, 0.25) is 5.02 Å². The van der Waals surface area contributed by atoms with Crippen LogP contribution in [0.3, 0.4) is 0 Å². The average Bonchev–Trinajstić information content (AvgIpc) is 2.28. The molecule has 3 nitrogen and oxygen atoms in total. The van der Waals surface area contributed by atoms with Gasteiger partial charge in [0.05, 0.1) is 17.2 Å². The summed E-state index contributed by atoms with van der Waals surface area (Å²) >= 11 is 5.79. The largest absolute Gasteiger partial charge is 0.395 e. The molecule has 1 aromatic rings.